The van der Waals surface area contributed by atoms with Crippen LogP contribution in [0, 0.1) is 13.8 Å². The molecule has 1 aromatic carbocycles. The highest BCUT2D eigenvalue weighted by Crippen LogP contribution is 2.11. The first-order chi connectivity index (χ1) is 14.4. The minimum atomic E-state index is -1.13. The molecule has 3 N–H and O–H groups in total. The number of esters is 1. The van der Waals surface area contributed by atoms with Crippen LogP contribution in [0.3, 0.4) is 0 Å². The van der Waals surface area contributed by atoms with Crippen LogP contribution in [0.2, 0.25) is 0 Å². The standard InChI is InChI=1S/C17H23NO6.C5H8N2/c1-17(2,3)24-15(21)10-13(9-14(19)20)18-16(22)23-11-12-7-5-4-6-8-12;1-4-3-5(2)7-6-4/h4-8,13H,9-11H2,1-3H3,(H,18,22)(H,19,20);3H,1-2H3,(H,6,7)/t13-;/m1./s1. The lowest BCUT2D eigenvalue weighted by molar-refractivity contribution is -0.155. The lowest BCUT2D eigenvalue weighted by atomic mass is 10.1. The van der Waals surface area contributed by atoms with Crippen molar-refractivity contribution in [3.05, 3.63) is 53.3 Å². The summed E-state index contributed by atoms with van der Waals surface area (Å²) in [5, 5.41) is 18.0. The summed E-state index contributed by atoms with van der Waals surface area (Å²) in [5.41, 5.74) is 2.29. The van der Waals surface area contributed by atoms with Crippen molar-refractivity contribution in [3.63, 3.8) is 0 Å². The molecular weight excluding hydrogens is 402 g/mol. The zero-order valence-electron chi connectivity index (χ0n) is 18.6. The van der Waals surface area contributed by atoms with Gasteiger partial charge in [0.15, 0.2) is 0 Å². The Balaban J connectivity index is 0.000000577. The van der Waals surface area contributed by atoms with E-state index in [0.717, 1.165) is 17.0 Å². The maximum absolute atomic E-state index is 11.8. The summed E-state index contributed by atoms with van der Waals surface area (Å²) in [7, 11) is 0. The third-order valence-electron chi connectivity index (χ3n) is 3.62. The SMILES string of the molecule is CC(C)(C)OC(=O)C[C@@H](CC(=O)O)NC(=O)OCc1ccccc1.Cc1cc(C)[nH]n1. The first kappa shape index (κ1) is 25.7. The minimum Gasteiger partial charge on any atom is -0.481 e. The molecule has 0 saturated carbocycles. The minimum absolute atomic E-state index is 0.0545. The molecule has 9 nitrogen and oxygen atoms in total. The van der Waals surface area contributed by atoms with Crippen LogP contribution in [0.15, 0.2) is 36.4 Å². The second-order valence-corrected chi connectivity index (χ2v) is 7.98. The molecular formula is C22H31N3O6. The third-order valence-corrected chi connectivity index (χ3v) is 3.62. The van der Waals surface area contributed by atoms with Gasteiger partial charge in [0.1, 0.15) is 12.2 Å². The van der Waals surface area contributed by atoms with Gasteiger partial charge in [-0.05, 0) is 46.2 Å². The molecule has 170 valence electrons. The summed E-state index contributed by atoms with van der Waals surface area (Å²) < 4.78 is 10.2. The average Bonchev–Trinajstić information content (AvgIpc) is 3.02. The molecule has 0 aliphatic carbocycles. The van der Waals surface area contributed by atoms with Gasteiger partial charge in [0.25, 0.3) is 0 Å². The Morgan fingerprint density at radius 3 is 2.23 bits per heavy atom. The molecule has 1 heterocycles. The third kappa shape index (κ3) is 12.7. The van der Waals surface area contributed by atoms with E-state index in [1.54, 1.807) is 32.9 Å². The van der Waals surface area contributed by atoms with E-state index in [1.165, 1.54) is 0 Å². The van der Waals surface area contributed by atoms with Crippen molar-refractivity contribution in [2.24, 2.45) is 0 Å². The van der Waals surface area contributed by atoms with E-state index in [9.17, 15) is 14.4 Å². The van der Waals surface area contributed by atoms with Gasteiger partial charge in [-0.15, -0.1) is 0 Å². The summed E-state index contributed by atoms with van der Waals surface area (Å²) >= 11 is 0. The Morgan fingerprint density at radius 1 is 1.13 bits per heavy atom. The van der Waals surface area contributed by atoms with Crippen molar-refractivity contribution in [2.45, 2.75) is 65.7 Å². The van der Waals surface area contributed by atoms with E-state index < -0.39 is 36.1 Å². The molecule has 1 amide bonds. The normalized spacial score (nSPS) is 11.5. The van der Waals surface area contributed by atoms with E-state index in [4.69, 9.17) is 14.6 Å². The van der Waals surface area contributed by atoms with E-state index in [0.29, 0.717) is 0 Å². The first-order valence-electron chi connectivity index (χ1n) is 9.84. The lowest BCUT2D eigenvalue weighted by Gasteiger charge is -2.22. The second-order valence-electron chi connectivity index (χ2n) is 7.98. The van der Waals surface area contributed by atoms with Crippen molar-refractivity contribution in [1.82, 2.24) is 15.5 Å². The van der Waals surface area contributed by atoms with Gasteiger partial charge in [-0.3, -0.25) is 14.7 Å². The number of carboxylic acid groups (broad SMARTS) is 1. The summed E-state index contributed by atoms with van der Waals surface area (Å²) in [5.74, 6) is -1.72. The number of aromatic nitrogens is 2. The first-order valence-corrected chi connectivity index (χ1v) is 9.84. The van der Waals surface area contributed by atoms with Crippen LogP contribution in [0.4, 0.5) is 4.79 Å². The number of carbonyl (C=O) groups is 3. The van der Waals surface area contributed by atoms with Crippen LogP contribution in [0.25, 0.3) is 0 Å². The Hall–Kier alpha value is -3.36. The number of amides is 1. The number of nitrogens with zero attached hydrogens (tertiary/aromatic N) is 1. The fourth-order valence-corrected chi connectivity index (χ4v) is 2.46. The zero-order valence-corrected chi connectivity index (χ0v) is 18.6. The number of aromatic amines is 1. The Morgan fingerprint density at radius 2 is 1.77 bits per heavy atom. The lowest BCUT2D eigenvalue weighted by Crippen LogP contribution is -2.39. The molecule has 2 rings (SSSR count). The maximum atomic E-state index is 11.8. The number of hydrogen-bond acceptors (Lipinski definition) is 6. The van der Waals surface area contributed by atoms with Crippen LogP contribution in [0.5, 0.6) is 0 Å². The van der Waals surface area contributed by atoms with Crippen LogP contribution >= 0.6 is 0 Å². The number of hydrogen-bond donors (Lipinski definition) is 3. The number of ether oxygens (including phenoxy) is 2. The van der Waals surface area contributed by atoms with Crippen molar-refractivity contribution < 1.29 is 29.0 Å². The monoisotopic (exact) mass is 433 g/mol. The smallest absolute Gasteiger partial charge is 0.407 e. The summed E-state index contributed by atoms with van der Waals surface area (Å²) in [6.07, 6.45) is -1.43. The number of aryl methyl sites for hydroxylation is 2. The van der Waals surface area contributed by atoms with Gasteiger partial charge in [-0.2, -0.15) is 5.10 Å². The molecule has 0 spiro atoms. The summed E-state index contributed by atoms with van der Waals surface area (Å²) in [6.45, 7) is 9.12. The van der Waals surface area contributed by atoms with Crippen molar-refractivity contribution in [1.29, 1.82) is 0 Å². The van der Waals surface area contributed by atoms with Crippen LogP contribution in [0.1, 0.15) is 50.6 Å². The summed E-state index contributed by atoms with van der Waals surface area (Å²) in [6, 6.07) is 10.2. The fraction of sp³-hybridized carbons (Fsp3) is 0.455. The van der Waals surface area contributed by atoms with Crippen LogP contribution in [-0.2, 0) is 25.7 Å². The van der Waals surface area contributed by atoms with Crippen molar-refractivity contribution in [2.75, 3.05) is 0 Å². The molecule has 0 unspecified atom stereocenters. The molecule has 31 heavy (non-hydrogen) atoms. The highest BCUT2D eigenvalue weighted by atomic mass is 16.6. The molecule has 0 saturated heterocycles. The van der Waals surface area contributed by atoms with E-state index >= 15 is 0 Å². The van der Waals surface area contributed by atoms with Crippen LogP contribution < -0.4 is 5.32 Å². The number of carboxylic acids is 1. The van der Waals surface area contributed by atoms with Gasteiger partial charge in [0.05, 0.1) is 24.6 Å². The van der Waals surface area contributed by atoms with Crippen molar-refractivity contribution >= 4 is 18.0 Å². The predicted molar refractivity (Wildman–Crippen MR) is 114 cm³/mol. The molecule has 9 heteroatoms. The van der Waals surface area contributed by atoms with E-state index in [-0.39, 0.29) is 13.0 Å². The largest absolute Gasteiger partial charge is 0.481 e. The molecule has 0 fully saturated rings. The number of carbonyl (C=O) groups excluding carboxylic acids is 2. The van der Waals surface area contributed by atoms with Crippen LogP contribution in [-0.4, -0.2) is 45.0 Å². The molecule has 0 bridgehead atoms. The Bertz CT molecular complexity index is 826. The predicted octanol–water partition coefficient (Wildman–Crippen LogP) is 3.51. The molecule has 0 radical (unpaired) electrons. The van der Waals surface area contributed by atoms with E-state index in [1.807, 2.05) is 38.1 Å². The van der Waals surface area contributed by atoms with Gasteiger partial charge in [0.2, 0.25) is 0 Å². The Labute approximate surface area is 182 Å². The maximum Gasteiger partial charge on any atom is 0.407 e. The number of H-pyrrole nitrogens is 1. The number of nitrogens with one attached hydrogen (secondary N) is 2. The number of aliphatic carboxylic acids is 1. The zero-order chi connectivity index (χ0) is 23.4. The molecule has 0 aliphatic heterocycles. The van der Waals surface area contributed by atoms with Gasteiger partial charge in [-0.25, -0.2) is 4.79 Å². The second kappa shape index (κ2) is 12.4. The molecule has 1 atom stereocenters. The fourth-order valence-electron chi connectivity index (χ4n) is 2.46. The summed E-state index contributed by atoms with van der Waals surface area (Å²) in [4.78, 5) is 34.5. The van der Waals surface area contributed by atoms with Gasteiger partial charge in [-0.1, -0.05) is 30.3 Å². The van der Waals surface area contributed by atoms with Gasteiger partial charge in [0, 0.05) is 5.69 Å². The average molecular weight is 434 g/mol. The highest BCUT2D eigenvalue weighted by molar-refractivity contribution is 5.76. The quantitative estimate of drug-likeness (QED) is 0.570. The molecule has 2 aromatic rings. The number of benzene rings is 1. The van der Waals surface area contributed by atoms with Gasteiger partial charge < -0.3 is 19.9 Å². The number of rotatable bonds is 7. The van der Waals surface area contributed by atoms with Crippen molar-refractivity contribution in [3.8, 4) is 0 Å². The van der Waals surface area contributed by atoms with Gasteiger partial charge >= 0.3 is 18.0 Å². The van der Waals surface area contributed by atoms with E-state index in [2.05, 4.69) is 15.5 Å². The Kier molecular flexibility index (Phi) is 10.2. The topological polar surface area (TPSA) is 131 Å². The molecule has 0 aliphatic rings. The highest BCUT2D eigenvalue weighted by Gasteiger charge is 2.24. The number of alkyl carbamates (subject to hydrolysis) is 1. The molecule has 1 aromatic heterocycles.